The fourth-order valence-corrected chi connectivity index (χ4v) is 4.58. The maximum atomic E-state index is 13.2. The highest BCUT2D eigenvalue weighted by Gasteiger charge is 2.26. The van der Waals surface area contributed by atoms with Crippen LogP contribution in [0.25, 0.3) is 22.5 Å². The molecule has 6 rings (SSSR count). The summed E-state index contributed by atoms with van der Waals surface area (Å²) in [6, 6.07) is 29.0. The molecule has 1 fully saturated rings. The number of anilines is 2. The third-order valence-electron chi connectivity index (χ3n) is 6.72. The Morgan fingerprint density at radius 3 is 2.38 bits per heavy atom. The molecular formula is C31H28N6O2. The van der Waals surface area contributed by atoms with E-state index < -0.39 is 0 Å². The molecule has 0 aliphatic heterocycles. The van der Waals surface area contributed by atoms with Crippen LogP contribution in [0.15, 0.2) is 91.0 Å². The van der Waals surface area contributed by atoms with Crippen molar-refractivity contribution in [2.45, 2.75) is 26.2 Å². The van der Waals surface area contributed by atoms with E-state index >= 15 is 0 Å². The Balaban J connectivity index is 1.44. The number of aromatic amines is 1. The van der Waals surface area contributed by atoms with Gasteiger partial charge in [0.1, 0.15) is 5.75 Å². The van der Waals surface area contributed by atoms with Crippen LogP contribution in [0, 0.1) is 12.8 Å². The Kier molecular flexibility index (Phi) is 6.74. The van der Waals surface area contributed by atoms with Gasteiger partial charge in [0, 0.05) is 11.3 Å². The Hall–Kier alpha value is -4.98. The average molecular weight is 517 g/mol. The Morgan fingerprint density at radius 2 is 1.67 bits per heavy atom. The van der Waals surface area contributed by atoms with Crippen LogP contribution in [-0.4, -0.2) is 26.7 Å². The number of tetrazole rings is 1. The van der Waals surface area contributed by atoms with E-state index in [2.05, 4.69) is 37.3 Å². The summed E-state index contributed by atoms with van der Waals surface area (Å²) in [4.78, 5) is 13.2. The Bertz CT molecular complexity index is 1580. The number of aromatic nitrogens is 4. The maximum Gasteiger partial charge on any atom is 0.323 e. The van der Waals surface area contributed by atoms with Crippen LogP contribution in [0.4, 0.5) is 16.2 Å². The third kappa shape index (κ3) is 5.80. The van der Waals surface area contributed by atoms with Crippen molar-refractivity contribution >= 4 is 17.4 Å². The van der Waals surface area contributed by atoms with Gasteiger partial charge in [-0.15, -0.1) is 10.2 Å². The van der Waals surface area contributed by atoms with Crippen LogP contribution in [0.5, 0.6) is 11.5 Å². The molecule has 1 aromatic heterocycles. The number of amides is 2. The van der Waals surface area contributed by atoms with E-state index in [1.165, 1.54) is 12.8 Å². The second-order valence-electron chi connectivity index (χ2n) is 9.80. The molecule has 0 unspecified atom stereocenters. The summed E-state index contributed by atoms with van der Waals surface area (Å²) in [7, 11) is 0. The summed E-state index contributed by atoms with van der Waals surface area (Å²) < 4.78 is 6.45. The predicted octanol–water partition coefficient (Wildman–Crippen LogP) is 7.23. The summed E-state index contributed by atoms with van der Waals surface area (Å²) in [6.45, 7) is 2.01. The van der Waals surface area contributed by atoms with Crippen LogP contribution >= 0.6 is 0 Å². The molecule has 0 radical (unpaired) electrons. The zero-order valence-corrected chi connectivity index (χ0v) is 21.5. The zero-order valence-electron chi connectivity index (χ0n) is 21.5. The SMILES string of the molecule is Cc1ccc(NC(=O)Nc2cc(-c3ccccc3-c3nn[nH]n3)cc(CC3CC3)c2Oc2ccccc2)cc1. The topological polar surface area (TPSA) is 105 Å². The predicted molar refractivity (Wildman–Crippen MR) is 152 cm³/mol. The minimum atomic E-state index is -0.349. The van der Waals surface area contributed by atoms with Crippen LogP contribution in [-0.2, 0) is 6.42 Å². The number of nitrogens with zero attached hydrogens (tertiary/aromatic N) is 3. The molecule has 8 nitrogen and oxygen atoms in total. The smallest absolute Gasteiger partial charge is 0.323 e. The lowest BCUT2D eigenvalue weighted by Gasteiger charge is -2.19. The van der Waals surface area contributed by atoms with E-state index in [-0.39, 0.29) is 6.03 Å². The number of nitrogens with one attached hydrogen (secondary N) is 3. The molecule has 3 N–H and O–H groups in total. The number of para-hydroxylation sites is 1. The molecular weight excluding hydrogens is 488 g/mol. The molecule has 1 saturated carbocycles. The molecule has 2 amide bonds. The van der Waals surface area contributed by atoms with Crippen molar-refractivity contribution in [3.63, 3.8) is 0 Å². The first kappa shape index (κ1) is 24.4. The number of urea groups is 1. The molecule has 0 saturated heterocycles. The van der Waals surface area contributed by atoms with Crippen molar-refractivity contribution in [3.8, 4) is 34.0 Å². The van der Waals surface area contributed by atoms with Gasteiger partial charge in [-0.25, -0.2) is 4.79 Å². The highest BCUT2D eigenvalue weighted by Crippen LogP contribution is 2.43. The van der Waals surface area contributed by atoms with E-state index in [9.17, 15) is 4.79 Å². The summed E-state index contributed by atoms with van der Waals surface area (Å²) in [5.41, 5.74) is 6.15. The molecule has 194 valence electrons. The second kappa shape index (κ2) is 10.8. The molecule has 0 atom stereocenters. The summed E-state index contributed by atoms with van der Waals surface area (Å²) in [5, 5.41) is 20.7. The second-order valence-corrected chi connectivity index (χ2v) is 9.80. The van der Waals surface area contributed by atoms with Crippen LogP contribution in [0.2, 0.25) is 0 Å². The average Bonchev–Trinajstić information content (AvgIpc) is 3.60. The van der Waals surface area contributed by atoms with E-state index in [0.717, 1.165) is 34.2 Å². The van der Waals surface area contributed by atoms with Crippen LogP contribution in [0.3, 0.4) is 0 Å². The van der Waals surface area contributed by atoms with E-state index in [1.54, 1.807) is 0 Å². The van der Waals surface area contributed by atoms with Crippen LogP contribution < -0.4 is 15.4 Å². The van der Waals surface area contributed by atoms with Gasteiger partial charge in [-0.2, -0.15) is 5.21 Å². The fourth-order valence-electron chi connectivity index (χ4n) is 4.58. The van der Waals surface area contributed by atoms with E-state index in [4.69, 9.17) is 4.74 Å². The van der Waals surface area contributed by atoms with Crippen molar-refractivity contribution in [1.29, 1.82) is 0 Å². The number of carbonyl (C=O) groups excluding carboxylic acids is 1. The normalized spacial score (nSPS) is 12.6. The summed E-state index contributed by atoms with van der Waals surface area (Å²) >= 11 is 0. The van der Waals surface area contributed by atoms with Gasteiger partial charge in [-0.3, -0.25) is 0 Å². The van der Waals surface area contributed by atoms with E-state index in [1.807, 2.05) is 91.9 Å². The third-order valence-corrected chi connectivity index (χ3v) is 6.72. The molecule has 1 aliphatic carbocycles. The molecule has 4 aromatic carbocycles. The number of benzene rings is 4. The van der Waals surface area contributed by atoms with Crippen LogP contribution in [0.1, 0.15) is 24.0 Å². The Labute approximate surface area is 226 Å². The first-order valence-corrected chi connectivity index (χ1v) is 13.0. The van der Waals surface area contributed by atoms with Gasteiger partial charge >= 0.3 is 6.03 Å². The van der Waals surface area contributed by atoms with Gasteiger partial charge in [0.25, 0.3) is 0 Å². The largest absolute Gasteiger partial charge is 0.455 e. The van der Waals surface area contributed by atoms with Gasteiger partial charge in [-0.1, -0.05) is 60.2 Å². The molecule has 1 heterocycles. The fraction of sp³-hybridized carbons (Fsp3) is 0.161. The first-order chi connectivity index (χ1) is 19.1. The molecule has 1 aliphatic rings. The minimum absolute atomic E-state index is 0.349. The number of rotatable bonds is 8. The molecule has 0 spiro atoms. The van der Waals surface area contributed by atoms with Crippen molar-refractivity contribution in [1.82, 2.24) is 20.6 Å². The number of hydrogen-bond acceptors (Lipinski definition) is 5. The van der Waals surface area contributed by atoms with Gasteiger partial charge in [0.05, 0.1) is 5.69 Å². The highest BCUT2D eigenvalue weighted by molar-refractivity contribution is 6.01. The summed E-state index contributed by atoms with van der Waals surface area (Å²) in [5.74, 6) is 2.45. The minimum Gasteiger partial charge on any atom is -0.455 e. The maximum absolute atomic E-state index is 13.2. The number of carbonyl (C=O) groups is 1. The van der Waals surface area contributed by atoms with Crippen molar-refractivity contribution in [3.05, 3.63) is 102 Å². The number of H-pyrrole nitrogens is 1. The van der Waals surface area contributed by atoms with Gasteiger partial charge in [0.15, 0.2) is 5.75 Å². The lowest BCUT2D eigenvalue weighted by molar-refractivity contribution is 0.262. The molecule has 8 heteroatoms. The zero-order chi connectivity index (χ0) is 26.6. The van der Waals surface area contributed by atoms with Gasteiger partial charge in [-0.05, 0) is 90.4 Å². The lowest BCUT2D eigenvalue weighted by atomic mass is 9.94. The lowest BCUT2D eigenvalue weighted by Crippen LogP contribution is -2.20. The number of aryl methyl sites for hydroxylation is 1. The number of hydrogen-bond donors (Lipinski definition) is 3. The van der Waals surface area contributed by atoms with Crippen molar-refractivity contribution in [2.24, 2.45) is 5.92 Å². The monoisotopic (exact) mass is 516 g/mol. The first-order valence-electron chi connectivity index (χ1n) is 13.0. The van der Waals surface area contributed by atoms with Gasteiger partial charge in [0.2, 0.25) is 5.82 Å². The standard InChI is InChI=1S/C31H28N6O2/c1-20-11-15-24(16-12-20)32-31(38)33-28-19-22(26-9-5-6-10-27(26)30-34-36-37-35-30)18-23(17-21-13-14-21)29(28)39-25-7-3-2-4-8-25/h2-12,15-16,18-19,21H,13-14,17H2,1H3,(H2,32,33,38)(H,34,35,36,37). The van der Waals surface area contributed by atoms with E-state index in [0.29, 0.717) is 34.6 Å². The highest BCUT2D eigenvalue weighted by atomic mass is 16.5. The summed E-state index contributed by atoms with van der Waals surface area (Å²) in [6.07, 6.45) is 3.23. The quantitative estimate of drug-likeness (QED) is 0.202. The van der Waals surface area contributed by atoms with Crippen molar-refractivity contribution in [2.75, 3.05) is 10.6 Å². The van der Waals surface area contributed by atoms with Gasteiger partial charge < -0.3 is 15.4 Å². The molecule has 5 aromatic rings. The number of ether oxygens (including phenoxy) is 1. The Morgan fingerprint density at radius 1 is 0.923 bits per heavy atom. The molecule has 39 heavy (non-hydrogen) atoms. The molecule has 0 bridgehead atoms. The van der Waals surface area contributed by atoms with Crippen molar-refractivity contribution < 1.29 is 9.53 Å².